The van der Waals surface area contributed by atoms with Crippen molar-refractivity contribution in [3.05, 3.63) is 23.8 Å². The molecule has 1 fully saturated rings. The van der Waals surface area contributed by atoms with E-state index in [9.17, 15) is 0 Å². The van der Waals surface area contributed by atoms with Gasteiger partial charge in [0.25, 0.3) is 0 Å². The molecule has 0 aromatic heterocycles. The van der Waals surface area contributed by atoms with Gasteiger partial charge >= 0.3 is 0 Å². The summed E-state index contributed by atoms with van der Waals surface area (Å²) in [6, 6.07) is 6.50. The van der Waals surface area contributed by atoms with Gasteiger partial charge in [0.2, 0.25) is 0 Å². The average molecular weight is 263 g/mol. The SMILES string of the molecule is CC(NCC1CCOC1)c1ccc2c(c1)OCCO2. The van der Waals surface area contributed by atoms with Crippen LogP contribution in [0.5, 0.6) is 11.5 Å². The molecule has 2 aliphatic heterocycles. The van der Waals surface area contributed by atoms with E-state index >= 15 is 0 Å². The van der Waals surface area contributed by atoms with E-state index in [1.807, 2.05) is 6.07 Å². The number of benzene rings is 1. The van der Waals surface area contributed by atoms with Crippen LogP contribution in [0.15, 0.2) is 18.2 Å². The predicted molar refractivity (Wildman–Crippen MR) is 72.8 cm³/mol. The van der Waals surface area contributed by atoms with Crippen LogP contribution >= 0.6 is 0 Å². The first kappa shape index (κ1) is 12.8. The van der Waals surface area contributed by atoms with Crippen molar-refractivity contribution in [2.75, 3.05) is 33.0 Å². The zero-order valence-corrected chi connectivity index (χ0v) is 11.4. The standard InChI is InChI=1S/C15H21NO3/c1-11(16-9-12-4-5-17-10-12)13-2-3-14-15(8-13)19-7-6-18-14/h2-3,8,11-12,16H,4-7,9-10H2,1H3. The maximum atomic E-state index is 5.62. The predicted octanol–water partition coefficient (Wildman–Crippen LogP) is 2.14. The highest BCUT2D eigenvalue weighted by atomic mass is 16.6. The molecule has 0 saturated carbocycles. The van der Waals surface area contributed by atoms with Gasteiger partial charge in [0.15, 0.2) is 11.5 Å². The van der Waals surface area contributed by atoms with Crippen LogP contribution < -0.4 is 14.8 Å². The average Bonchev–Trinajstić information content (AvgIpc) is 2.97. The molecule has 2 atom stereocenters. The number of fused-ring (bicyclic) bond motifs is 1. The second kappa shape index (κ2) is 5.80. The summed E-state index contributed by atoms with van der Waals surface area (Å²) in [5.74, 6) is 2.37. The summed E-state index contributed by atoms with van der Waals surface area (Å²) in [6.07, 6.45) is 1.17. The minimum Gasteiger partial charge on any atom is -0.486 e. The summed E-state index contributed by atoms with van der Waals surface area (Å²) >= 11 is 0. The summed E-state index contributed by atoms with van der Waals surface area (Å²) in [5.41, 5.74) is 1.24. The van der Waals surface area contributed by atoms with Crippen molar-refractivity contribution in [2.24, 2.45) is 5.92 Å². The van der Waals surface area contributed by atoms with Gasteiger partial charge in [-0.25, -0.2) is 0 Å². The molecule has 4 heteroatoms. The van der Waals surface area contributed by atoms with Crippen LogP contribution in [0.25, 0.3) is 0 Å². The lowest BCUT2D eigenvalue weighted by Crippen LogP contribution is -2.26. The van der Waals surface area contributed by atoms with Gasteiger partial charge in [-0.1, -0.05) is 6.07 Å². The highest BCUT2D eigenvalue weighted by molar-refractivity contribution is 5.44. The number of hydrogen-bond acceptors (Lipinski definition) is 4. The van der Waals surface area contributed by atoms with E-state index in [0.29, 0.717) is 25.2 Å². The van der Waals surface area contributed by atoms with Crippen molar-refractivity contribution in [3.63, 3.8) is 0 Å². The fourth-order valence-corrected chi connectivity index (χ4v) is 2.53. The van der Waals surface area contributed by atoms with E-state index in [-0.39, 0.29) is 0 Å². The first-order valence-electron chi connectivity index (χ1n) is 7.03. The molecule has 0 aliphatic carbocycles. The Labute approximate surface area is 114 Å². The molecule has 0 bridgehead atoms. The molecule has 104 valence electrons. The second-order valence-electron chi connectivity index (χ2n) is 5.26. The Morgan fingerprint density at radius 3 is 2.84 bits per heavy atom. The van der Waals surface area contributed by atoms with Gasteiger partial charge in [0.05, 0.1) is 6.61 Å². The zero-order valence-electron chi connectivity index (χ0n) is 11.4. The van der Waals surface area contributed by atoms with Crippen molar-refractivity contribution in [2.45, 2.75) is 19.4 Å². The van der Waals surface area contributed by atoms with E-state index in [2.05, 4.69) is 24.4 Å². The minimum atomic E-state index is 0.316. The van der Waals surface area contributed by atoms with Gasteiger partial charge in [-0.3, -0.25) is 0 Å². The largest absolute Gasteiger partial charge is 0.486 e. The van der Waals surface area contributed by atoms with Crippen molar-refractivity contribution < 1.29 is 14.2 Å². The fraction of sp³-hybridized carbons (Fsp3) is 0.600. The highest BCUT2D eigenvalue weighted by Crippen LogP contribution is 2.32. The van der Waals surface area contributed by atoms with Crippen LogP contribution in [0.3, 0.4) is 0 Å². The fourth-order valence-electron chi connectivity index (χ4n) is 2.53. The first-order chi connectivity index (χ1) is 9.33. The molecule has 1 aromatic carbocycles. The van der Waals surface area contributed by atoms with Gasteiger partial charge in [0, 0.05) is 19.2 Å². The lowest BCUT2D eigenvalue weighted by Gasteiger charge is -2.21. The third kappa shape index (κ3) is 3.01. The maximum absolute atomic E-state index is 5.62. The molecule has 4 nitrogen and oxygen atoms in total. The molecular formula is C15H21NO3. The molecule has 2 unspecified atom stereocenters. The van der Waals surface area contributed by atoms with Crippen LogP contribution in [0, 0.1) is 5.92 Å². The van der Waals surface area contributed by atoms with Gasteiger partial charge in [-0.2, -0.15) is 0 Å². The summed E-state index contributed by atoms with van der Waals surface area (Å²) in [4.78, 5) is 0. The maximum Gasteiger partial charge on any atom is 0.161 e. The molecule has 1 saturated heterocycles. The molecule has 0 amide bonds. The Kier molecular flexibility index (Phi) is 3.89. The lowest BCUT2D eigenvalue weighted by atomic mass is 10.1. The molecular weight excluding hydrogens is 242 g/mol. The Morgan fingerprint density at radius 2 is 2.05 bits per heavy atom. The summed E-state index contributed by atoms with van der Waals surface area (Å²) < 4.78 is 16.5. The molecule has 1 N–H and O–H groups in total. The Balaban J connectivity index is 1.60. The number of rotatable bonds is 4. The summed E-state index contributed by atoms with van der Waals surface area (Å²) in [5, 5.41) is 3.57. The quantitative estimate of drug-likeness (QED) is 0.903. The molecule has 1 aromatic rings. The van der Waals surface area contributed by atoms with E-state index in [1.165, 1.54) is 12.0 Å². The summed E-state index contributed by atoms with van der Waals surface area (Å²) in [6.45, 7) is 6.27. The van der Waals surface area contributed by atoms with Crippen LogP contribution in [0.1, 0.15) is 24.9 Å². The van der Waals surface area contributed by atoms with E-state index < -0.39 is 0 Å². The van der Waals surface area contributed by atoms with Gasteiger partial charge in [0.1, 0.15) is 13.2 Å². The number of nitrogens with one attached hydrogen (secondary N) is 1. The third-order valence-corrected chi connectivity index (χ3v) is 3.80. The normalized spacial score (nSPS) is 23.3. The van der Waals surface area contributed by atoms with Gasteiger partial charge in [-0.05, 0) is 37.0 Å². The summed E-state index contributed by atoms with van der Waals surface area (Å²) in [7, 11) is 0. The van der Waals surface area contributed by atoms with Crippen molar-refractivity contribution in [1.29, 1.82) is 0 Å². The third-order valence-electron chi connectivity index (χ3n) is 3.80. The number of hydrogen-bond donors (Lipinski definition) is 1. The van der Waals surface area contributed by atoms with E-state index in [0.717, 1.165) is 31.3 Å². The van der Waals surface area contributed by atoms with Crippen LogP contribution in [0.4, 0.5) is 0 Å². The smallest absolute Gasteiger partial charge is 0.161 e. The molecule has 2 heterocycles. The Morgan fingerprint density at radius 1 is 1.21 bits per heavy atom. The van der Waals surface area contributed by atoms with Crippen molar-refractivity contribution in [3.8, 4) is 11.5 Å². The molecule has 3 rings (SSSR count). The van der Waals surface area contributed by atoms with E-state index in [4.69, 9.17) is 14.2 Å². The molecule has 19 heavy (non-hydrogen) atoms. The minimum absolute atomic E-state index is 0.316. The zero-order chi connectivity index (χ0) is 13.1. The Hall–Kier alpha value is -1.26. The number of ether oxygens (including phenoxy) is 3. The Bertz CT molecular complexity index is 429. The monoisotopic (exact) mass is 263 g/mol. The molecule has 2 aliphatic rings. The topological polar surface area (TPSA) is 39.7 Å². The lowest BCUT2D eigenvalue weighted by molar-refractivity contribution is 0.171. The molecule has 0 spiro atoms. The first-order valence-corrected chi connectivity index (χ1v) is 7.03. The van der Waals surface area contributed by atoms with Crippen LogP contribution in [-0.4, -0.2) is 33.0 Å². The van der Waals surface area contributed by atoms with Crippen molar-refractivity contribution >= 4 is 0 Å². The van der Waals surface area contributed by atoms with Crippen LogP contribution in [-0.2, 0) is 4.74 Å². The van der Waals surface area contributed by atoms with E-state index in [1.54, 1.807) is 0 Å². The highest BCUT2D eigenvalue weighted by Gasteiger charge is 2.18. The molecule has 0 radical (unpaired) electrons. The van der Waals surface area contributed by atoms with Gasteiger partial charge < -0.3 is 19.5 Å². The van der Waals surface area contributed by atoms with Gasteiger partial charge in [-0.15, -0.1) is 0 Å². The van der Waals surface area contributed by atoms with Crippen molar-refractivity contribution in [1.82, 2.24) is 5.32 Å². The second-order valence-corrected chi connectivity index (χ2v) is 5.26. The van der Waals surface area contributed by atoms with Crippen LogP contribution in [0.2, 0.25) is 0 Å².